The third-order valence-corrected chi connectivity index (χ3v) is 5.25. The molecule has 0 spiro atoms. The van der Waals surface area contributed by atoms with Crippen LogP contribution in [0.1, 0.15) is 23.1 Å². The van der Waals surface area contributed by atoms with Crippen LogP contribution in [0.15, 0.2) is 52.7 Å². The van der Waals surface area contributed by atoms with Crippen molar-refractivity contribution in [3.05, 3.63) is 59.2 Å². The Morgan fingerprint density at radius 2 is 2.10 bits per heavy atom. The van der Waals surface area contributed by atoms with Crippen LogP contribution in [-0.2, 0) is 16.2 Å². The minimum Gasteiger partial charge on any atom is -0.496 e. The van der Waals surface area contributed by atoms with E-state index in [1.165, 1.54) is 6.21 Å². The van der Waals surface area contributed by atoms with Crippen LogP contribution in [0, 0.1) is 11.3 Å². The van der Waals surface area contributed by atoms with Gasteiger partial charge >= 0.3 is 5.97 Å². The maximum Gasteiger partial charge on any atom is 0.305 e. The number of amidine groups is 1. The molecule has 3 rings (SSSR count). The van der Waals surface area contributed by atoms with Gasteiger partial charge in [-0.3, -0.25) is 9.59 Å². The summed E-state index contributed by atoms with van der Waals surface area (Å²) in [5, 5.41) is 27.6. The highest BCUT2D eigenvalue weighted by atomic mass is 32.2. The minimum absolute atomic E-state index is 0.244. The quantitative estimate of drug-likeness (QED) is 0.478. The number of nitriles is 1. The fourth-order valence-electron chi connectivity index (χ4n) is 2.67. The number of methoxy groups -OCH3 is 1. The molecule has 1 aliphatic rings. The fourth-order valence-corrected chi connectivity index (χ4v) is 3.59. The number of ether oxygens (including phenoxy) is 2. The first kappa shape index (κ1) is 21.9. The third-order valence-electron chi connectivity index (χ3n) is 4.17. The molecule has 2 aromatic rings. The topological polar surface area (TPSA) is 133 Å². The first-order valence-electron chi connectivity index (χ1n) is 9.08. The number of rotatable bonds is 8. The van der Waals surface area contributed by atoms with Gasteiger partial charge in [-0.2, -0.15) is 10.4 Å². The standard InChI is InChI=1S/C21H18N4O5S/c1-29-17-7-4-14(8-15(17)12-30-16-5-2-13(10-22)3-6-16)11-23-25-21-24-20(28)18(31-21)9-19(26)27/h2-8,11,18H,9,12H2,1H3,(H,26,27)(H,24,25,28). The number of carboxylic acids is 1. The van der Waals surface area contributed by atoms with E-state index in [9.17, 15) is 9.59 Å². The molecule has 1 fully saturated rings. The molecule has 0 radical (unpaired) electrons. The molecular weight excluding hydrogens is 420 g/mol. The summed E-state index contributed by atoms with van der Waals surface area (Å²) >= 11 is 1.03. The van der Waals surface area contributed by atoms with Gasteiger partial charge < -0.3 is 19.9 Å². The summed E-state index contributed by atoms with van der Waals surface area (Å²) in [6.07, 6.45) is 1.23. The van der Waals surface area contributed by atoms with Gasteiger partial charge in [-0.25, -0.2) is 0 Å². The van der Waals surface area contributed by atoms with Crippen molar-refractivity contribution in [3.8, 4) is 17.6 Å². The van der Waals surface area contributed by atoms with Crippen molar-refractivity contribution in [1.29, 1.82) is 5.26 Å². The highest BCUT2D eigenvalue weighted by Gasteiger charge is 2.32. The first-order valence-corrected chi connectivity index (χ1v) is 9.96. The highest BCUT2D eigenvalue weighted by Crippen LogP contribution is 2.23. The number of aliphatic carboxylic acids is 1. The van der Waals surface area contributed by atoms with Crippen molar-refractivity contribution in [2.24, 2.45) is 10.2 Å². The number of nitrogens with zero attached hydrogens (tertiary/aromatic N) is 3. The molecule has 1 amide bonds. The predicted molar refractivity (Wildman–Crippen MR) is 115 cm³/mol. The van der Waals surface area contributed by atoms with E-state index < -0.39 is 17.1 Å². The Labute approximate surface area is 182 Å². The number of carbonyl (C=O) groups excluding carboxylic acids is 1. The van der Waals surface area contributed by atoms with E-state index in [-0.39, 0.29) is 18.2 Å². The molecule has 0 saturated carbocycles. The van der Waals surface area contributed by atoms with E-state index >= 15 is 0 Å². The fraction of sp³-hybridized carbons (Fsp3) is 0.190. The minimum atomic E-state index is -1.05. The number of hydrogen-bond donors (Lipinski definition) is 2. The Hall–Kier alpha value is -3.84. The number of thioether (sulfide) groups is 1. The third kappa shape index (κ3) is 6.07. The molecule has 10 heteroatoms. The van der Waals surface area contributed by atoms with Gasteiger partial charge in [0.15, 0.2) is 5.17 Å². The van der Waals surface area contributed by atoms with Crippen molar-refractivity contribution in [3.63, 3.8) is 0 Å². The zero-order chi connectivity index (χ0) is 22.2. The van der Waals surface area contributed by atoms with Crippen molar-refractivity contribution < 1.29 is 24.2 Å². The summed E-state index contributed by atoms with van der Waals surface area (Å²) in [4.78, 5) is 22.5. The normalized spacial score (nSPS) is 16.8. The SMILES string of the molecule is COc1ccc(C=NN=C2NC(=O)C(CC(=O)O)S2)cc1COc1ccc(C#N)cc1. The Balaban J connectivity index is 1.66. The van der Waals surface area contributed by atoms with Crippen molar-refractivity contribution in [1.82, 2.24) is 5.32 Å². The van der Waals surface area contributed by atoms with Gasteiger partial charge in [-0.1, -0.05) is 11.8 Å². The van der Waals surface area contributed by atoms with Gasteiger partial charge in [0.25, 0.3) is 0 Å². The van der Waals surface area contributed by atoms with Crippen molar-refractivity contribution >= 4 is 35.0 Å². The van der Waals surface area contributed by atoms with E-state index in [2.05, 4.69) is 21.6 Å². The van der Waals surface area contributed by atoms with Crippen LogP contribution in [0.25, 0.3) is 0 Å². The van der Waals surface area contributed by atoms with Crippen LogP contribution < -0.4 is 14.8 Å². The van der Waals surface area contributed by atoms with Gasteiger partial charge in [0.2, 0.25) is 5.91 Å². The summed E-state index contributed by atoms with van der Waals surface area (Å²) in [5.41, 5.74) is 2.07. The van der Waals surface area contributed by atoms with Crippen LogP contribution in [-0.4, -0.2) is 40.7 Å². The summed E-state index contributed by atoms with van der Waals surface area (Å²) in [5.74, 6) is -0.178. The van der Waals surface area contributed by atoms with Crippen LogP contribution in [0.2, 0.25) is 0 Å². The first-order chi connectivity index (χ1) is 15.0. The maximum absolute atomic E-state index is 11.7. The average molecular weight is 438 g/mol. The molecule has 1 saturated heterocycles. The molecule has 0 bridgehead atoms. The van der Waals surface area contributed by atoms with E-state index in [0.29, 0.717) is 17.1 Å². The number of benzene rings is 2. The van der Waals surface area contributed by atoms with E-state index in [1.54, 1.807) is 43.5 Å². The number of nitrogens with one attached hydrogen (secondary N) is 1. The molecule has 1 heterocycles. The van der Waals surface area contributed by atoms with Gasteiger partial charge in [-0.05, 0) is 48.0 Å². The molecule has 1 unspecified atom stereocenters. The number of carbonyl (C=O) groups is 2. The van der Waals surface area contributed by atoms with Crippen molar-refractivity contribution in [2.75, 3.05) is 7.11 Å². The van der Waals surface area contributed by atoms with Crippen molar-refractivity contribution in [2.45, 2.75) is 18.3 Å². The molecule has 0 aliphatic carbocycles. The lowest BCUT2D eigenvalue weighted by molar-refractivity contribution is -0.138. The molecule has 1 atom stereocenters. The Kier molecular flexibility index (Phi) is 7.24. The zero-order valence-corrected chi connectivity index (χ0v) is 17.3. The number of hydrogen-bond acceptors (Lipinski definition) is 8. The molecule has 9 nitrogen and oxygen atoms in total. The predicted octanol–water partition coefficient (Wildman–Crippen LogP) is 2.54. The van der Waals surface area contributed by atoms with E-state index in [0.717, 1.165) is 22.9 Å². The lowest BCUT2D eigenvalue weighted by Crippen LogP contribution is -2.26. The molecule has 2 N–H and O–H groups in total. The second kappa shape index (κ2) is 10.3. The number of carboxylic acid groups (broad SMARTS) is 1. The Morgan fingerprint density at radius 3 is 2.77 bits per heavy atom. The molecule has 31 heavy (non-hydrogen) atoms. The van der Waals surface area contributed by atoms with E-state index in [4.69, 9.17) is 19.8 Å². The van der Waals surface area contributed by atoms with Crippen LogP contribution in [0.5, 0.6) is 11.5 Å². The summed E-state index contributed by atoms with van der Waals surface area (Å²) < 4.78 is 11.1. The summed E-state index contributed by atoms with van der Waals surface area (Å²) in [6.45, 7) is 0.244. The molecule has 158 valence electrons. The Bertz CT molecular complexity index is 1080. The summed E-state index contributed by atoms with van der Waals surface area (Å²) in [7, 11) is 1.56. The monoisotopic (exact) mass is 438 g/mol. The average Bonchev–Trinajstić information content (AvgIpc) is 3.11. The van der Waals surface area contributed by atoms with Gasteiger partial charge in [0.05, 0.1) is 31.4 Å². The molecular formula is C21H18N4O5S. The lowest BCUT2D eigenvalue weighted by Gasteiger charge is -2.11. The van der Waals surface area contributed by atoms with Gasteiger partial charge in [-0.15, -0.1) is 5.10 Å². The second-order valence-corrected chi connectivity index (χ2v) is 7.53. The molecule has 2 aromatic carbocycles. The van der Waals surface area contributed by atoms with Gasteiger partial charge in [0.1, 0.15) is 23.4 Å². The van der Waals surface area contributed by atoms with Crippen LogP contribution in [0.4, 0.5) is 0 Å². The van der Waals surface area contributed by atoms with Gasteiger partial charge in [0, 0.05) is 5.56 Å². The summed E-state index contributed by atoms with van der Waals surface area (Å²) in [6, 6.07) is 14.3. The smallest absolute Gasteiger partial charge is 0.305 e. The Morgan fingerprint density at radius 1 is 1.32 bits per heavy atom. The lowest BCUT2D eigenvalue weighted by atomic mass is 10.1. The van der Waals surface area contributed by atoms with Crippen LogP contribution in [0.3, 0.4) is 0 Å². The van der Waals surface area contributed by atoms with E-state index in [1.807, 2.05) is 6.07 Å². The highest BCUT2D eigenvalue weighted by molar-refractivity contribution is 8.15. The largest absolute Gasteiger partial charge is 0.496 e. The molecule has 0 aromatic heterocycles. The number of amides is 1. The maximum atomic E-state index is 11.7. The second-order valence-electron chi connectivity index (χ2n) is 6.34. The zero-order valence-electron chi connectivity index (χ0n) is 16.4. The molecule has 1 aliphatic heterocycles. The van der Waals surface area contributed by atoms with Crippen LogP contribution >= 0.6 is 11.8 Å².